The van der Waals surface area contributed by atoms with Gasteiger partial charge in [-0.15, -0.1) is 0 Å². The lowest BCUT2D eigenvalue weighted by Crippen LogP contribution is -2.26. The van der Waals surface area contributed by atoms with Crippen LogP contribution in [0.15, 0.2) is 17.3 Å². The van der Waals surface area contributed by atoms with E-state index < -0.39 is 17.8 Å². The number of nitrogens with zero attached hydrogens (tertiary/aromatic N) is 1. The summed E-state index contributed by atoms with van der Waals surface area (Å²) in [4.78, 5) is 43.9. The minimum absolute atomic E-state index is 0.107. The van der Waals surface area contributed by atoms with E-state index >= 15 is 0 Å². The monoisotopic (exact) mass is 422 g/mol. The number of oxime groups is 1. The number of ether oxygens (including phenoxy) is 1. The number of H-pyrrole nitrogens is 1. The van der Waals surface area contributed by atoms with Gasteiger partial charge in [0.1, 0.15) is 0 Å². The van der Waals surface area contributed by atoms with Crippen LogP contribution in [0, 0.1) is 0 Å². The molecule has 3 rings (SSSR count). The Morgan fingerprint density at radius 3 is 2.72 bits per heavy atom. The highest BCUT2D eigenvalue weighted by atomic mass is 35.5. The molecule has 29 heavy (non-hydrogen) atoms. The molecule has 0 unspecified atom stereocenters. The van der Waals surface area contributed by atoms with Crippen molar-refractivity contribution in [3.05, 3.63) is 34.0 Å². The Kier molecular flexibility index (Phi) is 7.60. The molecular formula is C19H23ClN4O5. The smallest absolute Gasteiger partial charge is 0.377 e. The second-order valence-electron chi connectivity index (χ2n) is 5.81. The van der Waals surface area contributed by atoms with Gasteiger partial charge in [-0.25, -0.2) is 9.59 Å². The van der Waals surface area contributed by atoms with Crippen LogP contribution in [-0.2, 0) is 32.0 Å². The molecule has 156 valence electrons. The molecule has 1 aliphatic rings. The zero-order valence-electron chi connectivity index (χ0n) is 16.4. The Morgan fingerprint density at radius 2 is 2.03 bits per heavy atom. The number of amidine groups is 1. The van der Waals surface area contributed by atoms with Gasteiger partial charge < -0.3 is 25.6 Å². The number of carbonyl (C=O) groups is 3. The van der Waals surface area contributed by atoms with E-state index in [9.17, 15) is 14.4 Å². The first-order valence-electron chi connectivity index (χ1n) is 9.22. The second-order valence-corrected chi connectivity index (χ2v) is 6.25. The Labute approximate surface area is 172 Å². The van der Waals surface area contributed by atoms with Crippen LogP contribution in [0.4, 0.5) is 0 Å². The lowest BCUT2D eigenvalue weighted by molar-refractivity contribution is -0.135. The van der Waals surface area contributed by atoms with E-state index in [1.807, 2.05) is 13.8 Å². The topological polar surface area (TPSA) is 136 Å². The number of rotatable bonds is 3. The van der Waals surface area contributed by atoms with Gasteiger partial charge in [0.25, 0.3) is 0 Å². The van der Waals surface area contributed by atoms with Crippen LogP contribution in [0.25, 0.3) is 10.9 Å². The van der Waals surface area contributed by atoms with E-state index in [4.69, 9.17) is 22.2 Å². The van der Waals surface area contributed by atoms with E-state index in [0.29, 0.717) is 34.5 Å². The van der Waals surface area contributed by atoms with Crippen molar-refractivity contribution in [2.45, 2.75) is 33.6 Å². The maximum Gasteiger partial charge on any atom is 0.377 e. The number of nitrogens with one attached hydrogen (secondary N) is 2. The molecule has 4 N–H and O–H groups in total. The highest BCUT2D eigenvalue weighted by Crippen LogP contribution is 2.31. The fourth-order valence-electron chi connectivity index (χ4n) is 2.92. The first-order chi connectivity index (χ1) is 13.9. The molecule has 0 spiro atoms. The molecule has 0 fully saturated rings. The molecule has 0 bridgehead atoms. The van der Waals surface area contributed by atoms with Crippen molar-refractivity contribution < 1.29 is 24.0 Å². The molecule has 1 aromatic carbocycles. The number of esters is 1. The summed E-state index contributed by atoms with van der Waals surface area (Å²) in [5, 5.41) is 6.93. The summed E-state index contributed by atoms with van der Waals surface area (Å²) < 4.78 is 4.66. The van der Waals surface area contributed by atoms with E-state index in [1.165, 1.54) is 6.07 Å². The highest BCUT2D eigenvalue weighted by Gasteiger charge is 2.24. The SMILES string of the molecule is CC.CCOC(=O)/C(N)=N/OC(=O)c1cc(Cl)cc2[nH]c3c(c12)CC(=O)NCC3. The van der Waals surface area contributed by atoms with Gasteiger partial charge in [-0.1, -0.05) is 25.4 Å². The predicted molar refractivity (Wildman–Crippen MR) is 109 cm³/mol. The van der Waals surface area contributed by atoms with Crippen molar-refractivity contribution >= 4 is 46.2 Å². The zero-order chi connectivity index (χ0) is 21.6. The Hall–Kier alpha value is -3.07. The van der Waals surface area contributed by atoms with Gasteiger partial charge in [-0.05, 0) is 29.8 Å². The molecule has 1 aromatic heterocycles. The Bertz CT molecular complexity index is 967. The van der Waals surface area contributed by atoms with Crippen molar-refractivity contribution in [3.8, 4) is 0 Å². The molecule has 0 atom stereocenters. The third-order valence-corrected chi connectivity index (χ3v) is 4.24. The van der Waals surface area contributed by atoms with Crippen molar-refractivity contribution in [1.82, 2.24) is 10.3 Å². The number of aromatic amines is 1. The molecule has 1 amide bonds. The number of hydrogen-bond donors (Lipinski definition) is 3. The maximum absolute atomic E-state index is 12.5. The lowest BCUT2D eigenvalue weighted by atomic mass is 10.0. The van der Waals surface area contributed by atoms with Crippen LogP contribution in [0.2, 0.25) is 5.02 Å². The normalized spacial score (nSPS) is 13.5. The fourth-order valence-corrected chi connectivity index (χ4v) is 3.14. The summed E-state index contributed by atoms with van der Waals surface area (Å²) >= 11 is 6.11. The van der Waals surface area contributed by atoms with Crippen LogP contribution in [0.3, 0.4) is 0 Å². The molecule has 1 aliphatic heterocycles. The molecular weight excluding hydrogens is 400 g/mol. The Morgan fingerprint density at radius 1 is 1.31 bits per heavy atom. The molecule has 2 aromatic rings. The number of carbonyl (C=O) groups excluding carboxylic acids is 3. The van der Waals surface area contributed by atoms with Gasteiger partial charge in [0.15, 0.2) is 0 Å². The third-order valence-electron chi connectivity index (χ3n) is 4.02. The zero-order valence-corrected chi connectivity index (χ0v) is 17.2. The first-order valence-corrected chi connectivity index (χ1v) is 9.60. The molecule has 9 nitrogen and oxygen atoms in total. The quantitative estimate of drug-likeness (QED) is 0.228. The van der Waals surface area contributed by atoms with Gasteiger partial charge in [0.2, 0.25) is 11.7 Å². The average molecular weight is 423 g/mol. The summed E-state index contributed by atoms with van der Waals surface area (Å²) in [6, 6.07) is 3.08. The van der Waals surface area contributed by atoms with E-state index in [0.717, 1.165) is 5.69 Å². The molecule has 0 saturated heterocycles. The predicted octanol–water partition coefficient (Wildman–Crippen LogP) is 2.05. The third kappa shape index (κ3) is 5.05. The lowest BCUT2D eigenvalue weighted by Gasteiger charge is -2.05. The van der Waals surface area contributed by atoms with Crippen LogP contribution in [0.5, 0.6) is 0 Å². The molecule has 2 heterocycles. The van der Waals surface area contributed by atoms with Crippen molar-refractivity contribution in [2.24, 2.45) is 10.9 Å². The van der Waals surface area contributed by atoms with Crippen molar-refractivity contribution in [3.63, 3.8) is 0 Å². The van der Waals surface area contributed by atoms with Gasteiger partial charge in [0, 0.05) is 34.6 Å². The van der Waals surface area contributed by atoms with Gasteiger partial charge in [-0.3, -0.25) is 4.79 Å². The molecule has 0 aliphatic carbocycles. The number of hydrogen-bond acceptors (Lipinski definition) is 6. The number of benzene rings is 1. The first kappa shape index (κ1) is 22.2. The summed E-state index contributed by atoms with van der Waals surface area (Å²) in [5.41, 5.74) is 7.68. The molecule has 0 saturated carbocycles. The number of aromatic nitrogens is 1. The van der Waals surface area contributed by atoms with Crippen LogP contribution < -0.4 is 11.1 Å². The van der Waals surface area contributed by atoms with E-state index in [-0.39, 0.29) is 24.5 Å². The largest absolute Gasteiger partial charge is 0.460 e. The van der Waals surface area contributed by atoms with Gasteiger partial charge >= 0.3 is 11.9 Å². The summed E-state index contributed by atoms with van der Waals surface area (Å²) in [6.07, 6.45) is 0.710. The number of halogens is 1. The Balaban J connectivity index is 0.00000145. The van der Waals surface area contributed by atoms with Crippen LogP contribution in [0.1, 0.15) is 42.4 Å². The maximum atomic E-state index is 12.5. The van der Waals surface area contributed by atoms with Crippen LogP contribution in [-0.4, -0.2) is 41.8 Å². The van der Waals surface area contributed by atoms with Gasteiger partial charge in [0.05, 0.1) is 18.6 Å². The van der Waals surface area contributed by atoms with Crippen LogP contribution >= 0.6 is 11.6 Å². The highest BCUT2D eigenvalue weighted by molar-refractivity contribution is 6.34. The number of fused-ring (bicyclic) bond motifs is 3. The number of amides is 1. The second kappa shape index (κ2) is 9.92. The summed E-state index contributed by atoms with van der Waals surface area (Å²) in [6.45, 7) is 6.20. The van der Waals surface area contributed by atoms with Crippen molar-refractivity contribution in [1.29, 1.82) is 0 Å². The van der Waals surface area contributed by atoms with E-state index in [1.54, 1.807) is 13.0 Å². The fraction of sp³-hybridized carbons (Fsp3) is 0.368. The number of nitrogens with two attached hydrogens (primary N) is 1. The molecule has 10 heteroatoms. The minimum atomic E-state index is -0.895. The summed E-state index contributed by atoms with van der Waals surface area (Å²) in [7, 11) is 0. The minimum Gasteiger partial charge on any atom is -0.460 e. The van der Waals surface area contributed by atoms with E-state index in [2.05, 4.69) is 20.2 Å². The molecule has 0 radical (unpaired) electrons. The summed E-state index contributed by atoms with van der Waals surface area (Å²) in [5.74, 6) is -2.49. The van der Waals surface area contributed by atoms with Gasteiger partial charge in [-0.2, -0.15) is 0 Å². The van der Waals surface area contributed by atoms with Crippen molar-refractivity contribution in [2.75, 3.05) is 13.2 Å². The average Bonchev–Trinajstić information content (AvgIpc) is 2.92. The standard InChI is InChI=1S/C17H17ClN4O5.C2H6/c1-2-26-17(25)15(19)22-27-16(24)10-5-8(18)6-12-14(10)9-7-13(23)20-4-3-11(9)21-12;1-2/h5-6,21H,2-4,7H2,1H3,(H2,19,22)(H,20,23);1-2H3.